The van der Waals surface area contributed by atoms with E-state index in [2.05, 4.69) is 0 Å². The summed E-state index contributed by atoms with van der Waals surface area (Å²) >= 11 is 0. The normalized spacial score (nSPS) is 18.7. The molecule has 0 aromatic heterocycles. The highest BCUT2D eigenvalue weighted by atomic mass is 16.5. The largest absolute Gasteiger partial charge is 0.427 e. The van der Waals surface area contributed by atoms with Crippen LogP contribution in [-0.2, 0) is 9.53 Å². The first-order valence-electron chi connectivity index (χ1n) is 6.40. The molecule has 1 aromatic rings. The summed E-state index contributed by atoms with van der Waals surface area (Å²) in [6, 6.07) is 6.10. The number of amides is 1. The lowest BCUT2D eigenvalue weighted by Crippen LogP contribution is -2.50. The van der Waals surface area contributed by atoms with E-state index >= 15 is 0 Å². The number of esters is 1. The summed E-state index contributed by atoms with van der Waals surface area (Å²) in [4.78, 5) is 24.9. The molecule has 6 nitrogen and oxygen atoms in total. The molecule has 1 unspecified atom stereocenters. The van der Waals surface area contributed by atoms with Gasteiger partial charge < -0.3 is 19.5 Å². The smallest absolute Gasteiger partial charge is 0.308 e. The zero-order valence-electron chi connectivity index (χ0n) is 11.2. The second-order valence-corrected chi connectivity index (χ2v) is 4.53. The number of ether oxygens (including phenoxy) is 2. The maximum absolute atomic E-state index is 12.4. The van der Waals surface area contributed by atoms with E-state index in [1.54, 1.807) is 23.1 Å². The predicted octanol–water partition coefficient (Wildman–Crippen LogP) is 0.445. The minimum atomic E-state index is -0.436. The highest BCUT2D eigenvalue weighted by Crippen LogP contribution is 2.17. The number of morpholine rings is 1. The van der Waals surface area contributed by atoms with Crippen molar-refractivity contribution in [2.24, 2.45) is 0 Å². The van der Waals surface area contributed by atoms with E-state index in [1.807, 2.05) is 0 Å². The molecule has 1 amide bonds. The molecule has 0 bridgehead atoms. The first-order chi connectivity index (χ1) is 9.61. The predicted molar refractivity (Wildman–Crippen MR) is 70.5 cm³/mol. The van der Waals surface area contributed by atoms with Gasteiger partial charge in [0.25, 0.3) is 5.91 Å². The molecular formula is C14H17NO5. The van der Waals surface area contributed by atoms with Crippen molar-refractivity contribution in [2.75, 3.05) is 26.4 Å². The third-order valence-electron chi connectivity index (χ3n) is 3.04. The van der Waals surface area contributed by atoms with Gasteiger partial charge in [-0.25, -0.2) is 0 Å². The van der Waals surface area contributed by atoms with Gasteiger partial charge in [-0.2, -0.15) is 0 Å². The molecule has 1 fully saturated rings. The Bertz CT molecular complexity index is 502. The maximum atomic E-state index is 12.4. The highest BCUT2D eigenvalue weighted by Gasteiger charge is 2.27. The van der Waals surface area contributed by atoms with Gasteiger partial charge in [0.05, 0.1) is 25.9 Å². The van der Waals surface area contributed by atoms with Crippen LogP contribution in [-0.4, -0.2) is 54.3 Å². The molecule has 1 aromatic carbocycles. The van der Waals surface area contributed by atoms with Crippen LogP contribution in [0, 0.1) is 0 Å². The van der Waals surface area contributed by atoms with E-state index in [1.165, 1.54) is 13.0 Å². The minimum Gasteiger partial charge on any atom is -0.427 e. The van der Waals surface area contributed by atoms with Crippen LogP contribution in [0.4, 0.5) is 0 Å². The van der Waals surface area contributed by atoms with Crippen LogP contribution in [0.5, 0.6) is 5.75 Å². The van der Waals surface area contributed by atoms with Crippen molar-refractivity contribution in [2.45, 2.75) is 13.0 Å². The first-order valence-corrected chi connectivity index (χ1v) is 6.40. The van der Waals surface area contributed by atoms with Crippen molar-refractivity contribution < 1.29 is 24.2 Å². The Morgan fingerprint density at radius 2 is 2.30 bits per heavy atom. The van der Waals surface area contributed by atoms with Crippen LogP contribution in [0.1, 0.15) is 17.3 Å². The number of carbonyl (C=O) groups excluding carboxylic acids is 2. The van der Waals surface area contributed by atoms with Crippen molar-refractivity contribution in [3.8, 4) is 5.75 Å². The van der Waals surface area contributed by atoms with E-state index in [4.69, 9.17) is 9.47 Å². The molecule has 1 heterocycles. The molecule has 1 N–H and O–H groups in total. The van der Waals surface area contributed by atoms with Crippen LogP contribution >= 0.6 is 0 Å². The Morgan fingerprint density at radius 3 is 3.00 bits per heavy atom. The number of nitrogens with zero attached hydrogens (tertiary/aromatic N) is 1. The van der Waals surface area contributed by atoms with Gasteiger partial charge in [0.2, 0.25) is 0 Å². The lowest BCUT2D eigenvalue weighted by atomic mass is 10.1. The van der Waals surface area contributed by atoms with Crippen LogP contribution < -0.4 is 4.74 Å². The average molecular weight is 279 g/mol. The summed E-state index contributed by atoms with van der Waals surface area (Å²) < 4.78 is 10.2. The number of carbonyl (C=O) groups is 2. The first kappa shape index (κ1) is 14.5. The van der Waals surface area contributed by atoms with Gasteiger partial charge in [0.15, 0.2) is 0 Å². The molecule has 1 aliphatic heterocycles. The molecule has 2 rings (SSSR count). The summed E-state index contributed by atoms with van der Waals surface area (Å²) in [5.41, 5.74) is 0.420. The zero-order chi connectivity index (χ0) is 14.5. The van der Waals surface area contributed by atoms with Crippen molar-refractivity contribution in [3.63, 3.8) is 0 Å². The Balaban J connectivity index is 2.17. The van der Waals surface area contributed by atoms with Crippen LogP contribution in [0.25, 0.3) is 0 Å². The Labute approximate surface area is 116 Å². The van der Waals surface area contributed by atoms with Gasteiger partial charge in [-0.3, -0.25) is 9.59 Å². The Kier molecular flexibility index (Phi) is 4.70. The quantitative estimate of drug-likeness (QED) is 0.642. The van der Waals surface area contributed by atoms with Gasteiger partial charge in [-0.1, -0.05) is 6.07 Å². The van der Waals surface area contributed by atoms with E-state index < -0.39 is 5.97 Å². The third kappa shape index (κ3) is 3.34. The number of hydrogen-bond donors (Lipinski definition) is 1. The molecule has 0 saturated carbocycles. The lowest BCUT2D eigenvalue weighted by Gasteiger charge is -2.34. The van der Waals surface area contributed by atoms with Crippen molar-refractivity contribution in [3.05, 3.63) is 29.8 Å². The summed E-state index contributed by atoms with van der Waals surface area (Å²) in [6.07, 6.45) is 0. The molecule has 108 valence electrons. The fourth-order valence-corrected chi connectivity index (χ4v) is 2.10. The SMILES string of the molecule is CC(=O)Oc1cccc(C(=O)N2CCOCC2CO)c1. The van der Waals surface area contributed by atoms with E-state index in [-0.39, 0.29) is 18.6 Å². The zero-order valence-corrected chi connectivity index (χ0v) is 11.2. The number of benzene rings is 1. The summed E-state index contributed by atoms with van der Waals surface area (Å²) in [5.74, 6) is -0.312. The number of aliphatic hydroxyl groups excluding tert-OH is 1. The van der Waals surface area contributed by atoms with Gasteiger partial charge in [-0.15, -0.1) is 0 Å². The lowest BCUT2D eigenvalue weighted by molar-refractivity contribution is -0.131. The fraction of sp³-hybridized carbons (Fsp3) is 0.429. The fourth-order valence-electron chi connectivity index (χ4n) is 2.10. The molecule has 20 heavy (non-hydrogen) atoms. The van der Waals surface area contributed by atoms with Crippen molar-refractivity contribution in [1.82, 2.24) is 4.90 Å². The van der Waals surface area contributed by atoms with Crippen molar-refractivity contribution >= 4 is 11.9 Å². The maximum Gasteiger partial charge on any atom is 0.308 e. The number of hydrogen-bond acceptors (Lipinski definition) is 5. The summed E-state index contributed by atoms with van der Waals surface area (Å²) in [7, 11) is 0. The van der Waals surface area contributed by atoms with Crippen molar-refractivity contribution in [1.29, 1.82) is 0 Å². The topological polar surface area (TPSA) is 76.1 Å². The molecule has 6 heteroatoms. The molecule has 1 aliphatic rings. The van der Waals surface area contributed by atoms with Gasteiger partial charge in [0, 0.05) is 19.0 Å². The molecule has 0 aliphatic carbocycles. The Hall–Kier alpha value is -1.92. The van der Waals surface area contributed by atoms with Gasteiger partial charge in [-0.05, 0) is 18.2 Å². The number of rotatable bonds is 3. The Morgan fingerprint density at radius 1 is 1.50 bits per heavy atom. The summed E-state index contributed by atoms with van der Waals surface area (Å²) in [6.45, 7) is 2.37. The third-order valence-corrected chi connectivity index (χ3v) is 3.04. The molecule has 0 radical (unpaired) electrons. The standard InChI is InChI=1S/C14H17NO5/c1-10(17)20-13-4-2-3-11(7-13)14(18)15-5-6-19-9-12(15)8-16/h2-4,7,12,16H,5-6,8-9H2,1H3. The molecule has 1 saturated heterocycles. The van der Waals surface area contributed by atoms with Gasteiger partial charge in [0.1, 0.15) is 5.75 Å². The second-order valence-electron chi connectivity index (χ2n) is 4.53. The molecule has 1 atom stereocenters. The molecule has 0 spiro atoms. The van der Waals surface area contributed by atoms with E-state index in [0.29, 0.717) is 31.1 Å². The van der Waals surface area contributed by atoms with E-state index in [0.717, 1.165) is 0 Å². The van der Waals surface area contributed by atoms with Crippen LogP contribution in [0.2, 0.25) is 0 Å². The van der Waals surface area contributed by atoms with Crippen LogP contribution in [0.15, 0.2) is 24.3 Å². The van der Waals surface area contributed by atoms with Crippen LogP contribution in [0.3, 0.4) is 0 Å². The minimum absolute atomic E-state index is 0.143. The van der Waals surface area contributed by atoms with Gasteiger partial charge >= 0.3 is 5.97 Å². The monoisotopic (exact) mass is 279 g/mol. The molecular weight excluding hydrogens is 262 g/mol. The number of aliphatic hydroxyl groups is 1. The highest BCUT2D eigenvalue weighted by molar-refractivity contribution is 5.95. The average Bonchev–Trinajstić information content (AvgIpc) is 2.46. The van der Waals surface area contributed by atoms with E-state index in [9.17, 15) is 14.7 Å². The second kappa shape index (κ2) is 6.49. The summed E-state index contributed by atoms with van der Waals surface area (Å²) in [5, 5.41) is 9.29.